The van der Waals surface area contributed by atoms with Crippen LogP contribution in [-0.2, 0) is 6.54 Å². The Morgan fingerprint density at radius 3 is 2.48 bits per heavy atom. The summed E-state index contributed by atoms with van der Waals surface area (Å²) in [5.41, 5.74) is 3.36. The van der Waals surface area contributed by atoms with E-state index in [-0.39, 0.29) is 5.91 Å². The molecule has 29 heavy (non-hydrogen) atoms. The van der Waals surface area contributed by atoms with Crippen LogP contribution in [0.5, 0.6) is 0 Å². The summed E-state index contributed by atoms with van der Waals surface area (Å²) in [6.45, 7) is 4.57. The highest BCUT2D eigenvalue weighted by Gasteiger charge is 2.14. The van der Waals surface area contributed by atoms with E-state index in [1.165, 1.54) is 18.5 Å². The van der Waals surface area contributed by atoms with Crippen molar-refractivity contribution in [1.29, 1.82) is 0 Å². The SMILES string of the molecule is Cc1nc(NCc2ccncc2)cc(C(=O)Nc2ccc(N3CCCC3)cc2)n1. The van der Waals surface area contributed by atoms with E-state index in [0.29, 0.717) is 23.9 Å². The van der Waals surface area contributed by atoms with Crippen molar-refractivity contribution in [3.8, 4) is 0 Å². The maximum Gasteiger partial charge on any atom is 0.274 e. The third-order valence-electron chi connectivity index (χ3n) is 4.89. The number of aromatic nitrogens is 3. The molecule has 3 heterocycles. The fourth-order valence-electron chi connectivity index (χ4n) is 3.39. The molecule has 0 spiro atoms. The van der Waals surface area contributed by atoms with Gasteiger partial charge in [0.15, 0.2) is 0 Å². The molecule has 7 nitrogen and oxygen atoms in total. The maximum absolute atomic E-state index is 12.7. The highest BCUT2D eigenvalue weighted by atomic mass is 16.1. The van der Waals surface area contributed by atoms with E-state index in [4.69, 9.17) is 0 Å². The van der Waals surface area contributed by atoms with Crippen molar-refractivity contribution in [2.75, 3.05) is 28.6 Å². The molecule has 1 fully saturated rings. The van der Waals surface area contributed by atoms with Crippen LogP contribution in [0, 0.1) is 6.92 Å². The molecule has 3 aromatic rings. The minimum Gasteiger partial charge on any atom is -0.372 e. The van der Waals surface area contributed by atoms with Crippen LogP contribution in [0.25, 0.3) is 0 Å². The Balaban J connectivity index is 1.42. The van der Waals surface area contributed by atoms with Crippen LogP contribution in [0.4, 0.5) is 17.2 Å². The first-order chi connectivity index (χ1) is 14.2. The molecule has 148 valence electrons. The third kappa shape index (κ3) is 4.87. The van der Waals surface area contributed by atoms with E-state index in [0.717, 1.165) is 24.3 Å². The molecule has 0 atom stereocenters. The summed E-state index contributed by atoms with van der Waals surface area (Å²) in [5.74, 6) is 0.902. The van der Waals surface area contributed by atoms with Gasteiger partial charge in [-0.15, -0.1) is 0 Å². The zero-order chi connectivity index (χ0) is 20.1. The first kappa shape index (κ1) is 18.9. The van der Waals surface area contributed by atoms with Gasteiger partial charge in [-0.1, -0.05) is 0 Å². The Morgan fingerprint density at radius 2 is 1.76 bits per heavy atom. The molecule has 2 aromatic heterocycles. The fraction of sp³-hybridized carbons (Fsp3) is 0.273. The second-order valence-electron chi connectivity index (χ2n) is 7.09. The first-order valence-corrected chi connectivity index (χ1v) is 9.82. The van der Waals surface area contributed by atoms with Crippen molar-refractivity contribution >= 4 is 23.1 Å². The third-order valence-corrected chi connectivity index (χ3v) is 4.89. The molecule has 1 aliphatic rings. The van der Waals surface area contributed by atoms with Gasteiger partial charge in [0.05, 0.1) is 0 Å². The molecule has 0 radical (unpaired) electrons. The van der Waals surface area contributed by atoms with Crippen molar-refractivity contribution in [1.82, 2.24) is 15.0 Å². The van der Waals surface area contributed by atoms with Crippen molar-refractivity contribution in [2.24, 2.45) is 0 Å². The van der Waals surface area contributed by atoms with Gasteiger partial charge in [0, 0.05) is 49.5 Å². The predicted octanol–water partition coefficient (Wildman–Crippen LogP) is 3.64. The lowest BCUT2D eigenvalue weighted by molar-refractivity contribution is 0.102. The van der Waals surface area contributed by atoms with Gasteiger partial charge < -0.3 is 15.5 Å². The van der Waals surface area contributed by atoms with Gasteiger partial charge in [-0.2, -0.15) is 0 Å². The molecular weight excluding hydrogens is 364 g/mol. The van der Waals surface area contributed by atoms with E-state index in [9.17, 15) is 4.79 Å². The lowest BCUT2D eigenvalue weighted by Crippen LogP contribution is -2.18. The Bertz CT molecular complexity index is 968. The van der Waals surface area contributed by atoms with E-state index < -0.39 is 0 Å². The number of carbonyl (C=O) groups excluding carboxylic acids is 1. The molecule has 0 unspecified atom stereocenters. The summed E-state index contributed by atoms with van der Waals surface area (Å²) in [6, 6.07) is 13.5. The molecule has 7 heteroatoms. The predicted molar refractivity (Wildman–Crippen MR) is 114 cm³/mol. The molecule has 0 saturated carbocycles. The van der Waals surface area contributed by atoms with Crippen LogP contribution in [-0.4, -0.2) is 33.9 Å². The number of hydrogen-bond donors (Lipinski definition) is 2. The van der Waals surface area contributed by atoms with Crippen LogP contribution >= 0.6 is 0 Å². The largest absolute Gasteiger partial charge is 0.372 e. The highest BCUT2D eigenvalue weighted by Crippen LogP contribution is 2.22. The second-order valence-corrected chi connectivity index (χ2v) is 7.09. The van der Waals surface area contributed by atoms with Gasteiger partial charge >= 0.3 is 0 Å². The summed E-state index contributed by atoms with van der Waals surface area (Å²) < 4.78 is 0. The number of hydrogen-bond acceptors (Lipinski definition) is 6. The molecule has 1 amide bonds. The minimum absolute atomic E-state index is 0.253. The van der Waals surface area contributed by atoms with Gasteiger partial charge in [0.25, 0.3) is 5.91 Å². The molecule has 0 bridgehead atoms. The van der Waals surface area contributed by atoms with Crippen LogP contribution in [0.1, 0.15) is 34.7 Å². The normalized spacial score (nSPS) is 13.3. The fourth-order valence-corrected chi connectivity index (χ4v) is 3.39. The summed E-state index contributed by atoms with van der Waals surface area (Å²) >= 11 is 0. The Labute approximate surface area is 170 Å². The smallest absolute Gasteiger partial charge is 0.274 e. The Hall–Kier alpha value is -3.48. The maximum atomic E-state index is 12.7. The zero-order valence-corrected chi connectivity index (χ0v) is 16.4. The number of nitrogens with zero attached hydrogens (tertiary/aromatic N) is 4. The number of anilines is 3. The molecule has 2 N–H and O–H groups in total. The molecule has 1 saturated heterocycles. The summed E-state index contributed by atoms with van der Waals surface area (Å²) in [6.07, 6.45) is 5.97. The number of amides is 1. The van der Waals surface area contributed by atoms with Crippen LogP contribution in [0.2, 0.25) is 0 Å². The van der Waals surface area contributed by atoms with E-state index in [1.807, 2.05) is 36.4 Å². The Kier molecular flexibility index (Phi) is 5.65. The number of benzene rings is 1. The van der Waals surface area contributed by atoms with Gasteiger partial charge in [-0.3, -0.25) is 9.78 Å². The molecular formula is C22H24N6O. The second kappa shape index (κ2) is 8.68. The van der Waals surface area contributed by atoms with E-state index in [2.05, 4.69) is 30.5 Å². The topological polar surface area (TPSA) is 83.0 Å². The van der Waals surface area contributed by atoms with Crippen molar-refractivity contribution in [3.63, 3.8) is 0 Å². The molecule has 1 aliphatic heterocycles. The summed E-state index contributed by atoms with van der Waals surface area (Å²) in [5, 5.41) is 6.16. The molecule has 4 rings (SSSR count). The molecule has 1 aromatic carbocycles. The van der Waals surface area contributed by atoms with Crippen molar-refractivity contribution < 1.29 is 4.79 Å². The zero-order valence-electron chi connectivity index (χ0n) is 16.4. The van der Waals surface area contributed by atoms with Gasteiger partial charge in [0.2, 0.25) is 0 Å². The monoisotopic (exact) mass is 388 g/mol. The van der Waals surface area contributed by atoms with Gasteiger partial charge in [0.1, 0.15) is 17.3 Å². The number of pyridine rings is 1. The van der Waals surface area contributed by atoms with E-state index >= 15 is 0 Å². The van der Waals surface area contributed by atoms with Crippen LogP contribution in [0.15, 0.2) is 54.9 Å². The number of carbonyl (C=O) groups is 1. The first-order valence-electron chi connectivity index (χ1n) is 9.82. The number of nitrogens with one attached hydrogen (secondary N) is 2. The quantitative estimate of drug-likeness (QED) is 0.671. The standard InChI is InChI=1S/C22H24N6O/c1-16-25-20(14-21(26-16)24-15-17-8-10-23-11-9-17)22(29)27-18-4-6-19(7-5-18)28-12-2-3-13-28/h4-11,14H,2-3,12-13,15H2,1H3,(H,27,29)(H,24,25,26). The average molecular weight is 388 g/mol. The summed E-state index contributed by atoms with van der Waals surface area (Å²) in [7, 11) is 0. The molecule has 0 aliphatic carbocycles. The average Bonchev–Trinajstić information content (AvgIpc) is 3.28. The lowest BCUT2D eigenvalue weighted by Gasteiger charge is -2.17. The van der Waals surface area contributed by atoms with Crippen LogP contribution in [0.3, 0.4) is 0 Å². The van der Waals surface area contributed by atoms with E-state index in [1.54, 1.807) is 25.4 Å². The van der Waals surface area contributed by atoms with Gasteiger partial charge in [-0.05, 0) is 61.7 Å². The minimum atomic E-state index is -0.253. The highest BCUT2D eigenvalue weighted by molar-refractivity contribution is 6.03. The lowest BCUT2D eigenvalue weighted by atomic mass is 10.2. The van der Waals surface area contributed by atoms with Crippen molar-refractivity contribution in [3.05, 3.63) is 71.9 Å². The number of rotatable bonds is 6. The van der Waals surface area contributed by atoms with Crippen molar-refractivity contribution in [2.45, 2.75) is 26.3 Å². The Morgan fingerprint density at radius 1 is 1.03 bits per heavy atom. The van der Waals surface area contributed by atoms with Crippen LogP contribution < -0.4 is 15.5 Å². The van der Waals surface area contributed by atoms with Gasteiger partial charge in [-0.25, -0.2) is 9.97 Å². The number of aryl methyl sites for hydroxylation is 1. The summed E-state index contributed by atoms with van der Waals surface area (Å²) in [4.78, 5) is 27.7.